The third kappa shape index (κ3) is 39.8. The molecule has 0 amide bonds. The largest absolute Gasteiger partial charge is 0.466 e. The second kappa shape index (κ2) is 43.4. The van der Waals surface area contributed by atoms with Crippen molar-refractivity contribution in [3.05, 3.63) is 0 Å². The molecule has 0 aliphatic heterocycles. The van der Waals surface area contributed by atoms with E-state index in [-0.39, 0.29) is 30.4 Å². The standard InChI is InChI=1S/C50H97NO7/c1-7-11-21-29-45(30-22-12-8-2)37-42-56-48(52)35-27-19-15-17-25-33-47(58-50(54)39-41-55-44-40-51(5)6)34-26-18-16-20-28-36-49(53)57-43-38-46(31-23-13-9-3)32-24-14-10-4/h45-47H,7-44H2,1-6H3. The highest BCUT2D eigenvalue weighted by Crippen LogP contribution is 2.23. The fourth-order valence-corrected chi connectivity index (χ4v) is 7.78. The van der Waals surface area contributed by atoms with Gasteiger partial charge in [0.25, 0.3) is 0 Å². The van der Waals surface area contributed by atoms with E-state index in [1.807, 2.05) is 14.1 Å². The van der Waals surface area contributed by atoms with Crippen molar-refractivity contribution in [2.45, 2.75) is 246 Å². The predicted octanol–water partition coefficient (Wildman–Crippen LogP) is 13.7. The molecule has 0 heterocycles. The molecule has 0 aliphatic carbocycles. The minimum atomic E-state index is -0.173. The lowest BCUT2D eigenvalue weighted by molar-refractivity contribution is -0.151. The lowest BCUT2D eigenvalue weighted by atomic mass is 9.92. The lowest BCUT2D eigenvalue weighted by Crippen LogP contribution is -2.21. The molecule has 0 unspecified atom stereocenters. The smallest absolute Gasteiger partial charge is 0.308 e. The fraction of sp³-hybridized carbons (Fsp3) is 0.940. The Morgan fingerprint density at radius 3 is 1.17 bits per heavy atom. The Morgan fingerprint density at radius 1 is 0.397 bits per heavy atom. The summed E-state index contributed by atoms with van der Waals surface area (Å²) in [6.45, 7) is 12.0. The van der Waals surface area contributed by atoms with Crippen LogP contribution in [-0.2, 0) is 33.3 Å². The van der Waals surface area contributed by atoms with Crippen LogP contribution in [0.1, 0.15) is 240 Å². The molecule has 0 rings (SSSR count). The quantitative estimate of drug-likeness (QED) is 0.0341. The number of hydrogen-bond donors (Lipinski definition) is 0. The molecule has 0 N–H and O–H groups in total. The second-order valence-electron chi connectivity index (χ2n) is 17.6. The Morgan fingerprint density at radius 2 is 0.776 bits per heavy atom. The molecule has 0 aromatic heterocycles. The average molecular weight is 824 g/mol. The molecule has 0 fully saturated rings. The van der Waals surface area contributed by atoms with Gasteiger partial charge in [0.1, 0.15) is 6.10 Å². The fourth-order valence-electron chi connectivity index (χ4n) is 7.78. The number of rotatable bonds is 45. The first-order chi connectivity index (χ1) is 28.2. The van der Waals surface area contributed by atoms with Gasteiger partial charge in [-0.05, 0) is 77.3 Å². The molecule has 344 valence electrons. The molecule has 0 spiro atoms. The lowest BCUT2D eigenvalue weighted by Gasteiger charge is -2.18. The van der Waals surface area contributed by atoms with Gasteiger partial charge in [-0.2, -0.15) is 0 Å². The maximum atomic E-state index is 12.7. The van der Waals surface area contributed by atoms with Gasteiger partial charge in [-0.1, -0.05) is 169 Å². The van der Waals surface area contributed by atoms with E-state index < -0.39 is 0 Å². The molecule has 8 heteroatoms. The van der Waals surface area contributed by atoms with Crippen LogP contribution in [0.5, 0.6) is 0 Å². The van der Waals surface area contributed by atoms with Gasteiger partial charge < -0.3 is 23.8 Å². The number of esters is 3. The third-order valence-corrected chi connectivity index (χ3v) is 11.7. The normalized spacial score (nSPS) is 11.7. The van der Waals surface area contributed by atoms with Gasteiger partial charge >= 0.3 is 17.9 Å². The van der Waals surface area contributed by atoms with Crippen molar-refractivity contribution in [3.63, 3.8) is 0 Å². The summed E-state index contributed by atoms with van der Waals surface area (Å²) in [5.41, 5.74) is 0. The summed E-state index contributed by atoms with van der Waals surface area (Å²) in [6.07, 6.45) is 35.5. The molecule has 0 aromatic carbocycles. The topological polar surface area (TPSA) is 91.4 Å². The maximum Gasteiger partial charge on any atom is 0.308 e. The minimum Gasteiger partial charge on any atom is -0.466 e. The van der Waals surface area contributed by atoms with Crippen LogP contribution in [0.3, 0.4) is 0 Å². The summed E-state index contributed by atoms with van der Waals surface area (Å²) in [5, 5.41) is 0. The number of carbonyl (C=O) groups is 3. The number of hydrogen-bond acceptors (Lipinski definition) is 8. The van der Waals surface area contributed by atoms with Crippen LogP contribution in [0, 0.1) is 11.8 Å². The van der Waals surface area contributed by atoms with Gasteiger partial charge in [-0.15, -0.1) is 0 Å². The molecule has 58 heavy (non-hydrogen) atoms. The molecule has 0 aliphatic rings. The van der Waals surface area contributed by atoms with Crippen LogP contribution < -0.4 is 0 Å². The molecule has 8 nitrogen and oxygen atoms in total. The number of unbranched alkanes of at least 4 members (excludes halogenated alkanes) is 16. The highest BCUT2D eigenvalue weighted by Gasteiger charge is 2.16. The zero-order valence-electron chi connectivity index (χ0n) is 39.4. The highest BCUT2D eigenvalue weighted by atomic mass is 16.5. The molecular weight excluding hydrogens is 727 g/mol. The molecule has 0 saturated heterocycles. The van der Waals surface area contributed by atoms with Crippen molar-refractivity contribution in [2.75, 3.05) is 47.1 Å². The van der Waals surface area contributed by atoms with Crippen molar-refractivity contribution in [1.82, 2.24) is 4.90 Å². The average Bonchev–Trinajstić information content (AvgIpc) is 3.19. The van der Waals surface area contributed by atoms with Crippen molar-refractivity contribution < 1.29 is 33.3 Å². The van der Waals surface area contributed by atoms with Gasteiger partial charge in [-0.3, -0.25) is 14.4 Å². The summed E-state index contributed by atoms with van der Waals surface area (Å²) in [5.74, 6) is 1.10. The van der Waals surface area contributed by atoms with Gasteiger partial charge in [0.05, 0.1) is 32.8 Å². The van der Waals surface area contributed by atoms with Gasteiger partial charge in [0.2, 0.25) is 0 Å². The maximum absolute atomic E-state index is 12.7. The Labute approximate surface area is 359 Å². The molecular formula is C50H97NO7. The van der Waals surface area contributed by atoms with Gasteiger partial charge in [-0.25, -0.2) is 0 Å². The highest BCUT2D eigenvalue weighted by molar-refractivity contribution is 5.70. The molecule has 0 radical (unpaired) electrons. The summed E-state index contributed by atoms with van der Waals surface area (Å²) >= 11 is 0. The van der Waals surface area contributed by atoms with E-state index >= 15 is 0 Å². The number of likely N-dealkylation sites (N-methyl/N-ethyl adjacent to an activating group) is 1. The molecule has 0 atom stereocenters. The summed E-state index contributed by atoms with van der Waals surface area (Å²) < 4.78 is 22.9. The minimum absolute atomic E-state index is 0.0480. The van der Waals surface area contributed by atoms with Crippen LogP contribution in [0.4, 0.5) is 0 Å². The van der Waals surface area contributed by atoms with Gasteiger partial charge in [0.15, 0.2) is 0 Å². The third-order valence-electron chi connectivity index (χ3n) is 11.7. The first-order valence-corrected chi connectivity index (χ1v) is 25.0. The summed E-state index contributed by atoms with van der Waals surface area (Å²) in [4.78, 5) is 39.6. The second-order valence-corrected chi connectivity index (χ2v) is 17.6. The Hall–Kier alpha value is -1.67. The number of carbonyl (C=O) groups excluding carboxylic acids is 3. The van der Waals surface area contributed by atoms with E-state index in [2.05, 4.69) is 32.6 Å². The van der Waals surface area contributed by atoms with Crippen LogP contribution in [0.25, 0.3) is 0 Å². The van der Waals surface area contributed by atoms with Crippen molar-refractivity contribution >= 4 is 17.9 Å². The van der Waals surface area contributed by atoms with E-state index in [9.17, 15) is 14.4 Å². The van der Waals surface area contributed by atoms with E-state index in [1.54, 1.807) is 0 Å². The van der Waals surface area contributed by atoms with Gasteiger partial charge in [0, 0.05) is 19.4 Å². The SMILES string of the molecule is CCCCCC(CCCCC)CCOC(=O)CCCCCCCC(CCCCCCCC(=O)OCCC(CCCCC)CCCCC)OC(=O)CCOCCN(C)C. The first kappa shape index (κ1) is 56.3. The zero-order valence-corrected chi connectivity index (χ0v) is 39.4. The van der Waals surface area contributed by atoms with Crippen LogP contribution in [0.15, 0.2) is 0 Å². The Bertz CT molecular complexity index is 836. The zero-order chi connectivity index (χ0) is 42.7. The van der Waals surface area contributed by atoms with E-state index in [0.717, 1.165) is 96.4 Å². The van der Waals surface area contributed by atoms with Crippen molar-refractivity contribution in [2.24, 2.45) is 11.8 Å². The number of nitrogens with zero attached hydrogens (tertiary/aromatic N) is 1. The summed E-state index contributed by atoms with van der Waals surface area (Å²) in [6, 6.07) is 0. The van der Waals surface area contributed by atoms with E-state index in [4.69, 9.17) is 18.9 Å². The Balaban J connectivity index is 4.43. The first-order valence-electron chi connectivity index (χ1n) is 25.0. The predicted molar refractivity (Wildman–Crippen MR) is 243 cm³/mol. The molecule has 0 aromatic rings. The number of ether oxygens (including phenoxy) is 4. The molecule has 0 bridgehead atoms. The van der Waals surface area contributed by atoms with Crippen LogP contribution >= 0.6 is 0 Å². The van der Waals surface area contributed by atoms with E-state index in [0.29, 0.717) is 51.1 Å². The van der Waals surface area contributed by atoms with Crippen LogP contribution in [0.2, 0.25) is 0 Å². The molecule has 0 saturated carbocycles. The van der Waals surface area contributed by atoms with Crippen molar-refractivity contribution in [1.29, 1.82) is 0 Å². The van der Waals surface area contributed by atoms with Crippen molar-refractivity contribution in [3.8, 4) is 0 Å². The monoisotopic (exact) mass is 824 g/mol. The van der Waals surface area contributed by atoms with Crippen LogP contribution in [-0.4, -0.2) is 76.0 Å². The Kier molecular flexibility index (Phi) is 42.2. The summed E-state index contributed by atoms with van der Waals surface area (Å²) in [7, 11) is 4.02. The van der Waals surface area contributed by atoms with E-state index in [1.165, 1.54) is 103 Å².